The molecular formula is C23H35N5. The van der Waals surface area contributed by atoms with Gasteiger partial charge in [-0.25, -0.2) is 4.98 Å². The molecule has 5 nitrogen and oxygen atoms in total. The summed E-state index contributed by atoms with van der Waals surface area (Å²) in [4.78, 5) is 10.3. The number of anilines is 1. The molecule has 0 unspecified atom stereocenters. The van der Waals surface area contributed by atoms with Crippen molar-refractivity contribution in [2.24, 2.45) is 0 Å². The Morgan fingerprint density at radius 1 is 0.893 bits per heavy atom. The molecule has 0 spiro atoms. The molecule has 1 aromatic heterocycles. The van der Waals surface area contributed by atoms with E-state index in [-0.39, 0.29) is 0 Å². The van der Waals surface area contributed by atoms with Crippen LogP contribution in [-0.4, -0.2) is 59.8 Å². The molecule has 5 rings (SSSR count). The minimum atomic E-state index is 0.584. The number of piperidine rings is 2. The fraction of sp³-hybridized carbons (Fsp3) is 0.696. The van der Waals surface area contributed by atoms with Crippen LogP contribution in [0.25, 0.3) is 11.0 Å². The van der Waals surface area contributed by atoms with Crippen LogP contribution >= 0.6 is 0 Å². The van der Waals surface area contributed by atoms with Gasteiger partial charge in [-0.1, -0.05) is 0 Å². The van der Waals surface area contributed by atoms with E-state index in [4.69, 9.17) is 4.98 Å². The van der Waals surface area contributed by atoms with Crippen molar-refractivity contribution in [1.82, 2.24) is 19.8 Å². The van der Waals surface area contributed by atoms with Crippen LogP contribution in [0.5, 0.6) is 0 Å². The van der Waals surface area contributed by atoms with Crippen molar-refractivity contribution in [3.63, 3.8) is 0 Å². The maximum atomic E-state index is 4.92. The van der Waals surface area contributed by atoms with Crippen LogP contribution in [0.3, 0.4) is 0 Å². The quantitative estimate of drug-likeness (QED) is 0.881. The van der Waals surface area contributed by atoms with E-state index in [1.165, 1.54) is 92.8 Å². The molecule has 0 saturated carbocycles. The fourth-order valence-electron chi connectivity index (χ4n) is 5.89. The van der Waals surface area contributed by atoms with E-state index in [0.717, 1.165) is 19.1 Å². The highest BCUT2D eigenvalue weighted by Crippen LogP contribution is 2.34. The number of rotatable bonds is 3. The summed E-state index contributed by atoms with van der Waals surface area (Å²) in [7, 11) is 0. The van der Waals surface area contributed by atoms with Crippen LogP contribution < -0.4 is 10.2 Å². The van der Waals surface area contributed by atoms with Gasteiger partial charge in [0.05, 0.1) is 11.0 Å². The number of aromatic nitrogens is 2. The summed E-state index contributed by atoms with van der Waals surface area (Å²) in [5.41, 5.74) is 5.41. The molecule has 0 aliphatic carbocycles. The first-order valence-electron chi connectivity index (χ1n) is 11.4. The summed E-state index contributed by atoms with van der Waals surface area (Å²) in [6.07, 6.45) is 7.83. The Hall–Kier alpha value is -1.59. The van der Waals surface area contributed by atoms with Gasteiger partial charge >= 0.3 is 0 Å². The zero-order chi connectivity index (χ0) is 19.1. The molecule has 3 saturated heterocycles. The Bertz CT molecular complexity index is 821. The predicted octanol–water partition coefficient (Wildman–Crippen LogP) is 3.64. The van der Waals surface area contributed by atoms with E-state index in [1.54, 1.807) is 0 Å². The SMILES string of the molecule is Cc1c(N2CCC(N3CCCC3)CC2)ccc2nc(C)n(C3CCNCC3)c12. The lowest BCUT2D eigenvalue weighted by atomic mass is 10.0. The van der Waals surface area contributed by atoms with Gasteiger partial charge in [0, 0.05) is 30.9 Å². The second-order valence-corrected chi connectivity index (χ2v) is 9.05. The van der Waals surface area contributed by atoms with E-state index in [1.807, 2.05) is 0 Å². The summed E-state index contributed by atoms with van der Waals surface area (Å²) in [6, 6.07) is 5.98. The van der Waals surface area contributed by atoms with Crippen molar-refractivity contribution in [3.05, 3.63) is 23.5 Å². The maximum absolute atomic E-state index is 4.92. The minimum Gasteiger partial charge on any atom is -0.371 e. The van der Waals surface area contributed by atoms with Crippen LogP contribution in [0.4, 0.5) is 5.69 Å². The van der Waals surface area contributed by atoms with Gasteiger partial charge in [0.15, 0.2) is 0 Å². The van der Waals surface area contributed by atoms with Crippen molar-refractivity contribution in [3.8, 4) is 0 Å². The van der Waals surface area contributed by atoms with Crippen molar-refractivity contribution in [2.45, 2.75) is 64.5 Å². The Balaban J connectivity index is 1.42. The van der Waals surface area contributed by atoms with E-state index < -0.39 is 0 Å². The zero-order valence-corrected chi connectivity index (χ0v) is 17.6. The maximum Gasteiger partial charge on any atom is 0.106 e. The molecule has 0 amide bonds. The zero-order valence-electron chi connectivity index (χ0n) is 17.6. The van der Waals surface area contributed by atoms with Gasteiger partial charge in [-0.15, -0.1) is 0 Å². The topological polar surface area (TPSA) is 36.3 Å². The number of benzene rings is 1. The molecule has 0 bridgehead atoms. The van der Waals surface area contributed by atoms with Gasteiger partial charge in [0.25, 0.3) is 0 Å². The molecule has 3 fully saturated rings. The van der Waals surface area contributed by atoms with E-state index in [0.29, 0.717) is 6.04 Å². The van der Waals surface area contributed by atoms with Gasteiger partial charge in [0.1, 0.15) is 5.82 Å². The molecule has 152 valence electrons. The van der Waals surface area contributed by atoms with E-state index >= 15 is 0 Å². The highest BCUT2D eigenvalue weighted by Gasteiger charge is 2.28. The molecular weight excluding hydrogens is 346 g/mol. The highest BCUT2D eigenvalue weighted by atomic mass is 15.2. The average molecular weight is 382 g/mol. The normalized spacial score (nSPS) is 23.1. The number of likely N-dealkylation sites (tertiary alicyclic amines) is 1. The largest absolute Gasteiger partial charge is 0.371 e. The third kappa shape index (κ3) is 3.22. The van der Waals surface area contributed by atoms with E-state index in [9.17, 15) is 0 Å². The summed E-state index contributed by atoms with van der Waals surface area (Å²) >= 11 is 0. The van der Waals surface area contributed by atoms with Crippen LogP contribution in [0.15, 0.2) is 12.1 Å². The lowest BCUT2D eigenvalue weighted by molar-refractivity contribution is 0.208. The Morgan fingerprint density at radius 2 is 1.61 bits per heavy atom. The second-order valence-electron chi connectivity index (χ2n) is 9.05. The van der Waals surface area contributed by atoms with Crippen LogP contribution in [0.2, 0.25) is 0 Å². The smallest absolute Gasteiger partial charge is 0.106 e. The molecule has 3 aliphatic heterocycles. The Morgan fingerprint density at radius 3 is 2.32 bits per heavy atom. The predicted molar refractivity (Wildman–Crippen MR) is 116 cm³/mol. The second kappa shape index (κ2) is 7.68. The van der Waals surface area contributed by atoms with Crippen molar-refractivity contribution in [2.75, 3.05) is 44.2 Å². The molecule has 1 N–H and O–H groups in total. The van der Waals surface area contributed by atoms with Crippen LogP contribution in [0.1, 0.15) is 56.0 Å². The van der Waals surface area contributed by atoms with E-state index in [2.05, 4.69) is 45.7 Å². The highest BCUT2D eigenvalue weighted by molar-refractivity contribution is 5.85. The van der Waals surface area contributed by atoms with Gasteiger partial charge in [-0.2, -0.15) is 0 Å². The number of nitrogens with zero attached hydrogens (tertiary/aromatic N) is 4. The lowest BCUT2D eigenvalue weighted by Crippen LogP contribution is -2.44. The first-order valence-corrected chi connectivity index (χ1v) is 11.4. The van der Waals surface area contributed by atoms with Gasteiger partial charge in [0.2, 0.25) is 0 Å². The molecule has 0 radical (unpaired) electrons. The summed E-state index contributed by atoms with van der Waals surface area (Å²) in [5, 5.41) is 3.50. The van der Waals surface area contributed by atoms with Gasteiger partial charge < -0.3 is 19.7 Å². The third-order valence-electron chi connectivity index (χ3n) is 7.39. The number of nitrogens with one attached hydrogen (secondary N) is 1. The third-order valence-corrected chi connectivity index (χ3v) is 7.39. The Labute approximate surface area is 169 Å². The van der Waals surface area contributed by atoms with Crippen LogP contribution in [-0.2, 0) is 0 Å². The molecule has 2 aromatic rings. The minimum absolute atomic E-state index is 0.584. The number of hydrogen-bond donors (Lipinski definition) is 1. The standard InChI is InChI=1S/C23H35N5/c1-17-22(27-15-9-19(10-16-27)26-13-3-4-14-26)6-5-21-23(17)28(18(2)25-21)20-7-11-24-12-8-20/h5-6,19-20,24H,3-4,7-16H2,1-2H3. The average Bonchev–Trinajstić information content (AvgIpc) is 3.37. The molecule has 28 heavy (non-hydrogen) atoms. The summed E-state index contributed by atoms with van der Waals surface area (Å²) < 4.78 is 2.55. The summed E-state index contributed by atoms with van der Waals surface area (Å²) in [6.45, 7) is 11.8. The fourth-order valence-corrected chi connectivity index (χ4v) is 5.89. The first-order chi connectivity index (χ1) is 13.7. The molecule has 4 heterocycles. The Kier molecular flexibility index (Phi) is 5.06. The monoisotopic (exact) mass is 381 g/mol. The van der Waals surface area contributed by atoms with Crippen molar-refractivity contribution < 1.29 is 0 Å². The molecule has 5 heteroatoms. The summed E-state index contributed by atoms with van der Waals surface area (Å²) in [5.74, 6) is 1.18. The number of aryl methyl sites for hydroxylation is 2. The van der Waals surface area contributed by atoms with Gasteiger partial charge in [-0.05, 0) is 96.2 Å². The number of fused-ring (bicyclic) bond motifs is 1. The van der Waals surface area contributed by atoms with Crippen molar-refractivity contribution in [1.29, 1.82) is 0 Å². The van der Waals surface area contributed by atoms with Crippen molar-refractivity contribution >= 4 is 16.7 Å². The molecule has 1 aromatic carbocycles. The van der Waals surface area contributed by atoms with Gasteiger partial charge in [-0.3, -0.25) is 0 Å². The first kappa shape index (κ1) is 18.4. The number of hydrogen-bond acceptors (Lipinski definition) is 4. The van der Waals surface area contributed by atoms with Crippen LogP contribution in [0, 0.1) is 13.8 Å². The lowest BCUT2D eigenvalue weighted by Gasteiger charge is -2.38. The number of imidazole rings is 1. The molecule has 0 atom stereocenters. The molecule has 3 aliphatic rings.